The number of hydrogen-bond acceptors (Lipinski definition) is 5. The van der Waals surface area contributed by atoms with E-state index in [-0.39, 0.29) is 17.8 Å². The molecule has 0 unspecified atom stereocenters. The lowest BCUT2D eigenvalue weighted by molar-refractivity contribution is 0.0911. The van der Waals surface area contributed by atoms with Crippen molar-refractivity contribution < 1.29 is 9.90 Å². The van der Waals surface area contributed by atoms with Crippen molar-refractivity contribution in [3.8, 4) is 22.5 Å². The first kappa shape index (κ1) is 17.4. The first-order chi connectivity index (χ1) is 12.9. The zero-order valence-corrected chi connectivity index (χ0v) is 15.4. The number of carbonyl (C=O) groups excluding carboxylic acids is 1. The predicted molar refractivity (Wildman–Crippen MR) is 103 cm³/mol. The molecule has 0 fully saturated rings. The van der Waals surface area contributed by atoms with Crippen LogP contribution in [0.4, 0.5) is 0 Å². The molecule has 4 rings (SSSR count). The Balaban J connectivity index is 2.10. The van der Waals surface area contributed by atoms with Crippen molar-refractivity contribution in [2.45, 2.75) is 33.3 Å². The van der Waals surface area contributed by atoms with Gasteiger partial charge in [-0.05, 0) is 30.0 Å². The van der Waals surface area contributed by atoms with E-state index in [9.17, 15) is 9.90 Å². The normalized spacial score (nSPS) is 15.6. The van der Waals surface area contributed by atoms with Crippen LogP contribution in [0.3, 0.4) is 0 Å². The molecule has 1 aliphatic carbocycles. The van der Waals surface area contributed by atoms with Gasteiger partial charge in [0.25, 0.3) is 0 Å². The summed E-state index contributed by atoms with van der Waals surface area (Å²) in [7, 11) is 0. The molecule has 3 heterocycles. The Hall–Kier alpha value is -2.99. The van der Waals surface area contributed by atoms with Gasteiger partial charge in [-0.3, -0.25) is 19.4 Å². The molecular formula is C21H22N4O2. The fourth-order valence-corrected chi connectivity index (χ4v) is 3.97. The number of nitrogen functional groups attached to an aromatic ring is 1. The number of aromatic nitrogens is 3. The van der Waals surface area contributed by atoms with Gasteiger partial charge in [-0.1, -0.05) is 19.9 Å². The van der Waals surface area contributed by atoms with Gasteiger partial charge in [0.05, 0.1) is 29.3 Å². The van der Waals surface area contributed by atoms with Gasteiger partial charge in [0.15, 0.2) is 5.78 Å². The number of aliphatic hydroxyl groups excluding tert-OH is 1. The molecule has 138 valence electrons. The molecule has 3 aromatic heterocycles. The van der Waals surface area contributed by atoms with Crippen LogP contribution in [-0.4, -0.2) is 25.5 Å². The van der Waals surface area contributed by atoms with E-state index in [1.165, 1.54) is 0 Å². The smallest absolute Gasteiger partial charge is 0.166 e. The topological polar surface area (TPSA) is 94.0 Å². The molecule has 1 aliphatic rings. The van der Waals surface area contributed by atoms with Crippen molar-refractivity contribution in [3.63, 3.8) is 0 Å². The lowest BCUT2D eigenvalue weighted by Crippen LogP contribution is -2.29. The van der Waals surface area contributed by atoms with Crippen LogP contribution >= 0.6 is 0 Å². The van der Waals surface area contributed by atoms with Crippen molar-refractivity contribution in [1.29, 1.82) is 0 Å². The molecule has 0 radical (unpaired) electrons. The van der Waals surface area contributed by atoms with Gasteiger partial charge in [-0.25, -0.2) is 0 Å². The maximum Gasteiger partial charge on any atom is 0.166 e. The van der Waals surface area contributed by atoms with Crippen molar-refractivity contribution in [2.24, 2.45) is 5.41 Å². The van der Waals surface area contributed by atoms with Crippen LogP contribution in [0.2, 0.25) is 0 Å². The molecule has 0 spiro atoms. The van der Waals surface area contributed by atoms with Crippen LogP contribution in [0, 0.1) is 5.41 Å². The largest absolute Gasteiger partial charge is 0.392 e. The number of nitrogens with zero attached hydrogens (tertiary/aromatic N) is 3. The molecule has 0 atom stereocenters. The Morgan fingerprint density at radius 2 is 1.89 bits per heavy atom. The van der Waals surface area contributed by atoms with E-state index in [1.807, 2.05) is 18.2 Å². The number of pyridine rings is 2. The molecule has 0 aliphatic heterocycles. The average Bonchev–Trinajstić information content (AvgIpc) is 2.94. The fraction of sp³-hybridized carbons (Fsp3) is 0.286. The summed E-state index contributed by atoms with van der Waals surface area (Å²) in [4.78, 5) is 21.7. The summed E-state index contributed by atoms with van der Waals surface area (Å²) >= 11 is 0. The number of hydrogen-bond donors (Lipinski definition) is 2. The van der Waals surface area contributed by atoms with Crippen LogP contribution < -0.4 is 5.84 Å². The van der Waals surface area contributed by atoms with E-state index in [0.717, 1.165) is 17.0 Å². The number of rotatable bonds is 3. The molecule has 0 saturated carbocycles. The minimum atomic E-state index is -0.164. The van der Waals surface area contributed by atoms with Gasteiger partial charge in [-0.15, -0.1) is 0 Å². The Bertz CT molecular complexity index is 1020. The molecule has 0 amide bonds. The highest BCUT2D eigenvalue weighted by atomic mass is 16.3. The Morgan fingerprint density at radius 3 is 2.59 bits per heavy atom. The standard InChI is InChI=1S/C21H22N4O2/c1-21(2)10-15-17(16(27)11-21)18(19-14(12-26)4-3-7-24-19)20(25(15)22)13-5-8-23-9-6-13/h3-9,26H,10-12,22H2,1-2H3. The van der Waals surface area contributed by atoms with E-state index in [2.05, 4.69) is 23.8 Å². The highest BCUT2D eigenvalue weighted by molar-refractivity contribution is 6.08. The summed E-state index contributed by atoms with van der Waals surface area (Å²) in [5.74, 6) is 6.58. The van der Waals surface area contributed by atoms with Gasteiger partial charge < -0.3 is 10.9 Å². The van der Waals surface area contributed by atoms with Crippen LogP contribution in [0.15, 0.2) is 42.9 Å². The van der Waals surface area contributed by atoms with Gasteiger partial charge >= 0.3 is 0 Å². The molecule has 3 aromatic rings. The summed E-state index contributed by atoms with van der Waals surface area (Å²) < 4.78 is 1.62. The molecule has 6 heteroatoms. The molecule has 0 bridgehead atoms. The second-order valence-electron chi connectivity index (χ2n) is 7.76. The third-order valence-electron chi connectivity index (χ3n) is 5.12. The first-order valence-electron chi connectivity index (χ1n) is 8.94. The third kappa shape index (κ3) is 2.82. The zero-order chi connectivity index (χ0) is 19.2. The highest BCUT2D eigenvalue weighted by Gasteiger charge is 2.38. The number of ketones is 1. The third-order valence-corrected chi connectivity index (χ3v) is 5.12. The van der Waals surface area contributed by atoms with E-state index >= 15 is 0 Å². The van der Waals surface area contributed by atoms with Crippen molar-refractivity contribution in [1.82, 2.24) is 14.6 Å². The Morgan fingerprint density at radius 1 is 1.15 bits per heavy atom. The van der Waals surface area contributed by atoms with Gasteiger partial charge in [0, 0.05) is 41.7 Å². The molecule has 27 heavy (non-hydrogen) atoms. The van der Waals surface area contributed by atoms with Crippen molar-refractivity contribution in [3.05, 3.63) is 59.7 Å². The molecule has 0 aromatic carbocycles. The summed E-state index contributed by atoms with van der Waals surface area (Å²) in [6.45, 7) is 3.99. The maximum atomic E-state index is 13.1. The number of carbonyl (C=O) groups is 1. The second kappa shape index (κ2) is 6.32. The second-order valence-corrected chi connectivity index (χ2v) is 7.76. The van der Waals surface area contributed by atoms with E-state index < -0.39 is 0 Å². The number of fused-ring (bicyclic) bond motifs is 1. The Kier molecular flexibility index (Phi) is 4.08. The van der Waals surface area contributed by atoms with Crippen LogP contribution in [0.25, 0.3) is 22.5 Å². The quantitative estimate of drug-likeness (QED) is 0.699. The lowest BCUT2D eigenvalue weighted by atomic mass is 9.75. The molecule has 6 nitrogen and oxygen atoms in total. The highest BCUT2D eigenvalue weighted by Crippen LogP contribution is 2.45. The number of nitrogens with two attached hydrogens (primary N) is 1. The number of Topliss-reactive ketones (excluding diaryl/α,β-unsaturated/α-hetero) is 1. The molecule has 0 saturated heterocycles. The zero-order valence-electron chi connectivity index (χ0n) is 15.4. The van der Waals surface area contributed by atoms with Crippen molar-refractivity contribution in [2.75, 3.05) is 5.84 Å². The van der Waals surface area contributed by atoms with Crippen molar-refractivity contribution >= 4 is 5.78 Å². The minimum Gasteiger partial charge on any atom is -0.392 e. The number of aliphatic hydroxyl groups is 1. The summed E-state index contributed by atoms with van der Waals surface area (Å²) in [6.07, 6.45) is 6.21. The fourth-order valence-electron chi connectivity index (χ4n) is 3.97. The van der Waals surface area contributed by atoms with E-state index in [1.54, 1.807) is 29.3 Å². The van der Waals surface area contributed by atoms with Gasteiger partial charge in [-0.2, -0.15) is 0 Å². The van der Waals surface area contributed by atoms with Crippen LogP contribution in [0.1, 0.15) is 41.9 Å². The SMILES string of the molecule is CC1(C)CC(=O)c2c(-c3ncccc3CO)c(-c3ccncc3)n(N)c2C1. The maximum absolute atomic E-state index is 13.1. The van der Waals surface area contributed by atoms with E-state index in [4.69, 9.17) is 5.84 Å². The van der Waals surface area contributed by atoms with E-state index in [0.29, 0.717) is 35.2 Å². The van der Waals surface area contributed by atoms with Gasteiger partial charge in [0.2, 0.25) is 0 Å². The van der Waals surface area contributed by atoms with Gasteiger partial charge in [0.1, 0.15) is 0 Å². The van der Waals surface area contributed by atoms with Crippen LogP contribution in [-0.2, 0) is 13.0 Å². The molecule has 3 N–H and O–H groups in total. The Labute approximate surface area is 157 Å². The monoisotopic (exact) mass is 362 g/mol. The predicted octanol–water partition coefficient (Wildman–Crippen LogP) is 2.97. The summed E-state index contributed by atoms with van der Waals surface area (Å²) in [5, 5.41) is 9.83. The minimum absolute atomic E-state index is 0.0605. The average molecular weight is 362 g/mol. The molecular weight excluding hydrogens is 340 g/mol. The van der Waals surface area contributed by atoms with Crippen LogP contribution in [0.5, 0.6) is 0 Å². The summed E-state index contributed by atoms with van der Waals surface area (Å²) in [6, 6.07) is 7.32. The first-order valence-corrected chi connectivity index (χ1v) is 8.94. The lowest BCUT2D eigenvalue weighted by Gasteiger charge is -2.29. The summed E-state index contributed by atoms with van der Waals surface area (Å²) in [5.41, 5.74) is 4.82.